The second kappa shape index (κ2) is 86.2. The van der Waals surface area contributed by atoms with Crippen LogP contribution < -0.4 is 103 Å². The van der Waals surface area contributed by atoms with Gasteiger partial charge in [0.05, 0.1) is 0 Å². The topological polar surface area (TPSA) is 0 Å². The van der Waals surface area contributed by atoms with Crippen LogP contribution in [0.15, 0.2) is 0 Å². The second-order valence-corrected chi connectivity index (χ2v) is 0. The van der Waals surface area contributed by atoms with E-state index in [2.05, 4.69) is 0 Å². The molecule has 0 saturated heterocycles. The van der Waals surface area contributed by atoms with Crippen molar-refractivity contribution in [1.29, 1.82) is 0 Å². The van der Waals surface area contributed by atoms with Gasteiger partial charge >= 0.3 is 103 Å². The van der Waals surface area contributed by atoms with Crippen LogP contribution in [0.3, 0.4) is 0 Å². The van der Waals surface area contributed by atoms with Crippen LogP contribution in [0.2, 0.25) is 0 Å². The van der Waals surface area contributed by atoms with E-state index >= 15 is 0 Å². The minimum absolute atomic E-state index is 0. The molecule has 0 aliphatic rings. The molecule has 10 heavy (non-hydrogen) atoms. The van der Waals surface area contributed by atoms with E-state index in [-0.39, 0.29) is 205 Å². The fraction of sp³-hybridized carbons (Fsp3) is 0. The van der Waals surface area contributed by atoms with Crippen LogP contribution in [0.25, 0.3) is 0 Å². The van der Waals surface area contributed by atoms with Gasteiger partial charge < -0.3 is 2.85 Å². The van der Waals surface area contributed by atoms with Gasteiger partial charge in [0.2, 0.25) is 0 Å². The summed E-state index contributed by atoms with van der Waals surface area (Å²) in [5, 5.41) is 0. The summed E-state index contributed by atoms with van der Waals surface area (Å²) in [5.41, 5.74) is 0. The standard InChI is InChI=1S/8ClH.2K.2H/h8*1H;;;;/q;;;;;;;;2*+1;2*-1. The first-order chi connectivity index (χ1) is 0. The zero-order valence-electron chi connectivity index (χ0n) is 7.27. The van der Waals surface area contributed by atoms with Crippen LogP contribution in [-0.4, -0.2) is 0 Å². The van der Waals surface area contributed by atoms with Crippen LogP contribution in [0.4, 0.5) is 0 Å². The Kier molecular flexibility index (Phi) is 915. The third kappa shape index (κ3) is 68.9. The normalized spacial score (nSPS) is 0. The van der Waals surface area contributed by atoms with Crippen LogP contribution >= 0.6 is 99.3 Å². The molecule has 0 amide bonds. The van der Waals surface area contributed by atoms with E-state index < -0.39 is 0 Å². The summed E-state index contributed by atoms with van der Waals surface area (Å²) in [6, 6.07) is 0. The summed E-state index contributed by atoms with van der Waals surface area (Å²) >= 11 is 0. The van der Waals surface area contributed by atoms with Crippen molar-refractivity contribution in [2.75, 3.05) is 0 Å². The maximum Gasteiger partial charge on any atom is 1.00 e. The van der Waals surface area contributed by atoms with Gasteiger partial charge in [0.1, 0.15) is 0 Å². The summed E-state index contributed by atoms with van der Waals surface area (Å²) in [7, 11) is 0. The van der Waals surface area contributed by atoms with Gasteiger partial charge in [0.25, 0.3) is 0 Å². The van der Waals surface area contributed by atoms with Gasteiger partial charge in [-0.05, 0) is 0 Å². The molecule has 0 aliphatic heterocycles. The Labute approximate surface area is 199 Å². The summed E-state index contributed by atoms with van der Waals surface area (Å²) in [6.07, 6.45) is 0. The predicted molar refractivity (Wildman–Crippen MR) is 60.2 cm³/mol. The Morgan fingerprint density at radius 3 is 0.300 bits per heavy atom. The quantitative estimate of drug-likeness (QED) is 0.417. The molecule has 0 spiro atoms. The molecule has 0 rings (SSSR count). The van der Waals surface area contributed by atoms with E-state index in [1.165, 1.54) is 0 Å². The SMILES string of the molecule is Cl.Cl.Cl.Cl.Cl.Cl.Cl.Cl.[H-].[H-].[K+].[K+]. The zero-order valence-corrected chi connectivity index (χ0v) is 18.0. The van der Waals surface area contributed by atoms with Crippen LogP contribution in [0, 0.1) is 0 Å². The zero-order chi connectivity index (χ0) is 0. The first kappa shape index (κ1) is 106. The molecule has 10 heteroatoms. The van der Waals surface area contributed by atoms with Crippen LogP contribution in [0.1, 0.15) is 2.85 Å². The van der Waals surface area contributed by atoms with Gasteiger partial charge in [-0.1, -0.05) is 0 Å². The number of hydrogen-bond acceptors (Lipinski definition) is 0. The first-order valence-electron chi connectivity index (χ1n) is 0. The molecule has 0 aromatic rings. The Morgan fingerprint density at radius 2 is 0.300 bits per heavy atom. The van der Waals surface area contributed by atoms with E-state index in [0.29, 0.717) is 0 Å². The van der Waals surface area contributed by atoms with Crippen molar-refractivity contribution in [2.45, 2.75) is 0 Å². The van der Waals surface area contributed by atoms with Crippen molar-refractivity contribution in [3.8, 4) is 0 Å². The maximum atomic E-state index is 0. The van der Waals surface area contributed by atoms with Gasteiger partial charge in [-0.2, -0.15) is 0 Å². The number of rotatable bonds is 0. The number of halogens is 8. The molecule has 0 atom stereocenters. The molecule has 0 aliphatic carbocycles. The molecule has 0 fully saturated rings. The van der Waals surface area contributed by atoms with Crippen molar-refractivity contribution in [3.05, 3.63) is 0 Å². The van der Waals surface area contributed by atoms with Crippen molar-refractivity contribution in [2.24, 2.45) is 0 Å². The molecule has 0 heterocycles. The second-order valence-electron chi connectivity index (χ2n) is 0. The van der Waals surface area contributed by atoms with Crippen molar-refractivity contribution in [3.63, 3.8) is 0 Å². The van der Waals surface area contributed by atoms with Crippen molar-refractivity contribution >= 4 is 99.3 Å². The predicted octanol–water partition coefficient (Wildman–Crippen LogP) is -2.39. The molecular formula is H10Cl8K2. The van der Waals surface area contributed by atoms with E-state index in [1.807, 2.05) is 0 Å². The fourth-order valence-corrected chi connectivity index (χ4v) is 0. The molecule has 0 bridgehead atoms. The minimum Gasteiger partial charge on any atom is -1.00 e. The molecule has 68 valence electrons. The van der Waals surface area contributed by atoms with Gasteiger partial charge in [-0.3, -0.25) is 0 Å². The summed E-state index contributed by atoms with van der Waals surface area (Å²) in [5.74, 6) is 0. The molecule has 0 N–H and O–H groups in total. The largest absolute Gasteiger partial charge is 1.00 e. The summed E-state index contributed by atoms with van der Waals surface area (Å²) in [4.78, 5) is 0. The molecule has 0 unspecified atom stereocenters. The fourth-order valence-electron chi connectivity index (χ4n) is 0. The van der Waals surface area contributed by atoms with Crippen molar-refractivity contribution in [1.82, 2.24) is 0 Å². The molecule has 0 aromatic heterocycles. The average molecular weight is 372 g/mol. The number of hydrogen-bond donors (Lipinski definition) is 0. The van der Waals surface area contributed by atoms with E-state index in [9.17, 15) is 0 Å². The summed E-state index contributed by atoms with van der Waals surface area (Å²) < 4.78 is 0. The van der Waals surface area contributed by atoms with Gasteiger partial charge in [0, 0.05) is 0 Å². The molecular weight excluding hydrogens is 362 g/mol. The maximum absolute atomic E-state index is 0. The van der Waals surface area contributed by atoms with E-state index in [4.69, 9.17) is 0 Å². The average Bonchev–Trinajstić information content (AvgIpc) is 0. The third-order valence-electron chi connectivity index (χ3n) is 0. The van der Waals surface area contributed by atoms with Crippen molar-refractivity contribution < 1.29 is 106 Å². The minimum atomic E-state index is 0. The van der Waals surface area contributed by atoms with E-state index in [0.717, 1.165) is 0 Å². The molecule has 0 aromatic carbocycles. The third-order valence-corrected chi connectivity index (χ3v) is 0. The monoisotopic (exact) mass is 368 g/mol. The Bertz CT molecular complexity index is 15.0. The van der Waals surface area contributed by atoms with Crippen LogP contribution in [-0.2, 0) is 0 Å². The molecule has 0 saturated carbocycles. The first-order valence-corrected chi connectivity index (χ1v) is 0. The Morgan fingerprint density at radius 1 is 0.300 bits per heavy atom. The molecule has 0 nitrogen and oxygen atoms in total. The Balaban J connectivity index is 0. The van der Waals surface area contributed by atoms with Gasteiger partial charge in [-0.15, -0.1) is 99.3 Å². The van der Waals surface area contributed by atoms with E-state index in [1.54, 1.807) is 0 Å². The smallest absolute Gasteiger partial charge is 1.00 e. The Hall–Kier alpha value is 5.59. The molecule has 0 radical (unpaired) electrons. The van der Waals surface area contributed by atoms with Crippen LogP contribution in [0.5, 0.6) is 0 Å². The van der Waals surface area contributed by atoms with Gasteiger partial charge in [-0.25, -0.2) is 0 Å². The van der Waals surface area contributed by atoms with Gasteiger partial charge in [0.15, 0.2) is 0 Å². The summed E-state index contributed by atoms with van der Waals surface area (Å²) in [6.45, 7) is 0.